The number of hydrogen-bond acceptors (Lipinski definition) is 4. The molecular formula is C23H24FN3O2. The van der Waals surface area contributed by atoms with Gasteiger partial charge in [-0.2, -0.15) is 0 Å². The van der Waals surface area contributed by atoms with Crippen LogP contribution in [0.2, 0.25) is 0 Å². The van der Waals surface area contributed by atoms with Crippen LogP contribution in [-0.4, -0.2) is 37.0 Å². The summed E-state index contributed by atoms with van der Waals surface area (Å²) in [7, 11) is 1.61. The lowest BCUT2D eigenvalue weighted by molar-refractivity contribution is 0.0964. The summed E-state index contributed by atoms with van der Waals surface area (Å²) in [6.07, 6.45) is 2.43. The largest absolute Gasteiger partial charge is 0.455 e. The summed E-state index contributed by atoms with van der Waals surface area (Å²) in [6, 6.07) is 10.9. The second kappa shape index (κ2) is 6.88. The molecule has 1 aromatic heterocycles. The molecule has 0 aliphatic carbocycles. The SMILES string of the molecule is CNC(=O)c1c(-c2ccc(F)cc2)oc2cc3c(cc12)C(C)N1CCCC1CN3. The zero-order valence-electron chi connectivity index (χ0n) is 16.6. The highest BCUT2D eigenvalue weighted by Crippen LogP contribution is 2.41. The van der Waals surface area contributed by atoms with Gasteiger partial charge < -0.3 is 15.1 Å². The van der Waals surface area contributed by atoms with Crippen LogP contribution in [0.3, 0.4) is 0 Å². The molecule has 2 unspecified atom stereocenters. The summed E-state index contributed by atoms with van der Waals surface area (Å²) in [4.78, 5) is 15.3. The van der Waals surface area contributed by atoms with E-state index in [2.05, 4.69) is 28.5 Å². The third kappa shape index (κ3) is 2.90. The lowest BCUT2D eigenvalue weighted by Gasteiger charge is -2.28. The normalized spacial score (nSPS) is 21.3. The number of amides is 1. The summed E-state index contributed by atoms with van der Waals surface area (Å²) in [5, 5.41) is 7.09. The van der Waals surface area contributed by atoms with E-state index < -0.39 is 0 Å². The van der Waals surface area contributed by atoms with Crippen LogP contribution < -0.4 is 10.6 Å². The van der Waals surface area contributed by atoms with Crippen molar-refractivity contribution < 1.29 is 13.6 Å². The fourth-order valence-corrected chi connectivity index (χ4v) is 4.81. The fraction of sp³-hybridized carbons (Fsp3) is 0.348. The fourth-order valence-electron chi connectivity index (χ4n) is 4.81. The first-order valence-corrected chi connectivity index (χ1v) is 10.1. The molecule has 150 valence electrons. The molecule has 2 aliphatic rings. The van der Waals surface area contributed by atoms with Gasteiger partial charge in [-0.15, -0.1) is 0 Å². The number of anilines is 1. The smallest absolute Gasteiger partial charge is 0.255 e. The summed E-state index contributed by atoms with van der Waals surface area (Å²) in [6.45, 7) is 4.24. The molecule has 2 N–H and O–H groups in total. The number of carbonyl (C=O) groups excluding carboxylic acids is 1. The molecule has 0 radical (unpaired) electrons. The summed E-state index contributed by atoms with van der Waals surface area (Å²) < 4.78 is 19.5. The van der Waals surface area contributed by atoms with Crippen molar-refractivity contribution in [2.45, 2.75) is 31.8 Å². The van der Waals surface area contributed by atoms with Gasteiger partial charge >= 0.3 is 0 Å². The summed E-state index contributed by atoms with van der Waals surface area (Å²) in [5.74, 6) is -0.0706. The van der Waals surface area contributed by atoms with E-state index in [0.717, 1.165) is 24.2 Å². The van der Waals surface area contributed by atoms with E-state index in [1.807, 2.05) is 6.07 Å². The van der Waals surface area contributed by atoms with Crippen molar-refractivity contribution in [2.75, 3.05) is 25.5 Å². The van der Waals surface area contributed by atoms with Crippen LogP contribution in [0.25, 0.3) is 22.3 Å². The Morgan fingerprint density at radius 3 is 2.83 bits per heavy atom. The van der Waals surface area contributed by atoms with Gasteiger partial charge in [0.25, 0.3) is 5.91 Å². The Kier molecular flexibility index (Phi) is 4.32. The van der Waals surface area contributed by atoms with Crippen molar-refractivity contribution >= 4 is 22.6 Å². The monoisotopic (exact) mass is 393 g/mol. The van der Waals surface area contributed by atoms with Crippen molar-refractivity contribution in [1.82, 2.24) is 10.2 Å². The Labute approximate surface area is 168 Å². The molecule has 0 saturated carbocycles. The highest BCUT2D eigenvalue weighted by molar-refractivity contribution is 6.11. The van der Waals surface area contributed by atoms with Crippen molar-refractivity contribution in [2.24, 2.45) is 0 Å². The van der Waals surface area contributed by atoms with Crippen LogP contribution in [0.5, 0.6) is 0 Å². The van der Waals surface area contributed by atoms with Gasteiger partial charge in [0, 0.05) is 48.4 Å². The van der Waals surface area contributed by atoms with E-state index in [1.54, 1.807) is 19.2 Å². The Morgan fingerprint density at radius 2 is 2.07 bits per heavy atom. The standard InChI is InChI=1S/C23H24FN3O2/c1-13-17-10-18-20(11-19(17)26-12-16-4-3-9-27(13)16)29-22(21(18)23(28)25-2)14-5-7-15(24)8-6-14/h5-8,10-11,13,16,26H,3-4,9,12H2,1-2H3,(H,25,28). The Morgan fingerprint density at radius 1 is 1.28 bits per heavy atom. The first-order valence-electron chi connectivity index (χ1n) is 10.1. The predicted molar refractivity (Wildman–Crippen MR) is 112 cm³/mol. The highest BCUT2D eigenvalue weighted by atomic mass is 19.1. The second-order valence-electron chi connectivity index (χ2n) is 7.92. The van der Waals surface area contributed by atoms with Gasteiger partial charge in [-0.05, 0) is 62.2 Å². The molecule has 29 heavy (non-hydrogen) atoms. The molecule has 3 heterocycles. The number of furan rings is 1. The maximum absolute atomic E-state index is 13.4. The quantitative estimate of drug-likeness (QED) is 0.671. The molecule has 5 nitrogen and oxygen atoms in total. The van der Waals surface area contributed by atoms with Crippen molar-refractivity contribution in [3.05, 3.63) is 53.3 Å². The first kappa shape index (κ1) is 18.2. The van der Waals surface area contributed by atoms with Crippen LogP contribution in [0.4, 0.5) is 10.1 Å². The molecule has 0 spiro atoms. The van der Waals surface area contributed by atoms with E-state index >= 15 is 0 Å². The van der Waals surface area contributed by atoms with Crippen molar-refractivity contribution in [1.29, 1.82) is 0 Å². The Hall–Kier alpha value is -2.86. The predicted octanol–water partition coefficient (Wildman–Crippen LogP) is 4.55. The number of nitrogens with one attached hydrogen (secondary N) is 2. The average molecular weight is 393 g/mol. The third-order valence-electron chi connectivity index (χ3n) is 6.32. The summed E-state index contributed by atoms with van der Waals surface area (Å²) in [5.41, 5.74) is 4.06. The van der Waals surface area contributed by atoms with Gasteiger partial charge in [0.2, 0.25) is 0 Å². The number of rotatable bonds is 2. The van der Waals surface area contributed by atoms with E-state index in [0.29, 0.717) is 28.5 Å². The molecule has 1 amide bonds. The Bertz CT molecular complexity index is 1090. The minimum absolute atomic E-state index is 0.212. The van der Waals surface area contributed by atoms with E-state index in [1.165, 1.54) is 30.5 Å². The first-order chi connectivity index (χ1) is 14.1. The van der Waals surface area contributed by atoms with Gasteiger partial charge in [0.05, 0.1) is 5.56 Å². The zero-order valence-corrected chi connectivity index (χ0v) is 16.6. The molecule has 5 rings (SSSR count). The number of fused-ring (bicyclic) bond motifs is 3. The number of benzene rings is 2. The van der Waals surface area contributed by atoms with Crippen LogP contribution >= 0.6 is 0 Å². The number of hydrogen-bond donors (Lipinski definition) is 2. The van der Waals surface area contributed by atoms with Crippen LogP contribution in [0.15, 0.2) is 40.8 Å². The van der Waals surface area contributed by atoms with Gasteiger partial charge in [0.1, 0.15) is 17.2 Å². The number of nitrogens with zero attached hydrogens (tertiary/aromatic N) is 1. The maximum Gasteiger partial charge on any atom is 0.255 e. The lowest BCUT2D eigenvalue weighted by atomic mass is 9.99. The highest BCUT2D eigenvalue weighted by Gasteiger charge is 2.34. The molecular weight excluding hydrogens is 369 g/mol. The second-order valence-corrected chi connectivity index (χ2v) is 7.92. The van der Waals surface area contributed by atoms with Gasteiger partial charge in [-0.25, -0.2) is 4.39 Å². The maximum atomic E-state index is 13.4. The zero-order chi connectivity index (χ0) is 20.1. The molecule has 1 fully saturated rings. The van der Waals surface area contributed by atoms with E-state index in [4.69, 9.17) is 4.42 Å². The topological polar surface area (TPSA) is 57.5 Å². The van der Waals surface area contributed by atoms with Crippen LogP contribution in [0.1, 0.15) is 41.7 Å². The molecule has 0 bridgehead atoms. The van der Waals surface area contributed by atoms with Crippen molar-refractivity contribution in [3.8, 4) is 11.3 Å². The molecule has 6 heteroatoms. The third-order valence-corrected chi connectivity index (χ3v) is 6.32. The van der Waals surface area contributed by atoms with Crippen LogP contribution in [-0.2, 0) is 0 Å². The molecule has 2 aromatic carbocycles. The lowest BCUT2D eigenvalue weighted by Crippen LogP contribution is -2.34. The number of carbonyl (C=O) groups is 1. The number of halogens is 1. The minimum Gasteiger partial charge on any atom is -0.455 e. The summed E-state index contributed by atoms with van der Waals surface area (Å²) >= 11 is 0. The minimum atomic E-state index is -0.323. The van der Waals surface area contributed by atoms with Crippen molar-refractivity contribution in [3.63, 3.8) is 0 Å². The van der Waals surface area contributed by atoms with Gasteiger partial charge in [-0.3, -0.25) is 9.69 Å². The molecule has 2 aliphatic heterocycles. The van der Waals surface area contributed by atoms with E-state index in [-0.39, 0.29) is 17.8 Å². The van der Waals surface area contributed by atoms with Gasteiger partial charge in [0.15, 0.2) is 0 Å². The average Bonchev–Trinajstić information content (AvgIpc) is 3.32. The van der Waals surface area contributed by atoms with Crippen LogP contribution in [0, 0.1) is 5.82 Å². The van der Waals surface area contributed by atoms with E-state index in [9.17, 15) is 9.18 Å². The molecule has 1 saturated heterocycles. The molecule has 2 atom stereocenters. The Balaban J connectivity index is 1.71. The van der Waals surface area contributed by atoms with Gasteiger partial charge in [-0.1, -0.05) is 0 Å². The molecule has 3 aromatic rings.